The summed E-state index contributed by atoms with van der Waals surface area (Å²) in [5.74, 6) is -1.03. The van der Waals surface area contributed by atoms with Crippen LogP contribution in [-0.4, -0.2) is 13.7 Å². The molecule has 0 saturated carbocycles. The summed E-state index contributed by atoms with van der Waals surface area (Å²) in [6, 6.07) is 3.85. The summed E-state index contributed by atoms with van der Waals surface area (Å²) in [6.07, 6.45) is 0. The molecule has 2 rings (SSSR count). The molecule has 1 heterocycles. The van der Waals surface area contributed by atoms with Crippen molar-refractivity contribution in [1.82, 2.24) is 5.32 Å². The molecule has 2 aromatic rings. The van der Waals surface area contributed by atoms with Gasteiger partial charge in [0.05, 0.1) is 16.0 Å². The van der Waals surface area contributed by atoms with Crippen LogP contribution in [0.25, 0.3) is 0 Å². The Morgan fingerprint density at radius 1 is 1.30 bits per heavy atom. The highest BCUT2D eigenvalue weighted by atomic mass is 127. The summed E-state index contributed by atoms with van der Waals surface area (Å²) in [4.78, 5) is 0. The van der Waals surface area contributed by atoms with Gasteiger partial charge in [0.25, 0.3) is 0 Å². The van der Waals surface area contributed by atoms with Crippen LogP contribution in [0.15, 0.2) is 23.6 Å². The third-order valence-electron chi connectivity index (χ3n) is 2.91. The van der Waals surface area contributed by atoms with Gasteiger partial charge in [-0.2, -0.15) is 0 Å². The van der Waals surface area contributed by atoms with E-state index < -0.39 is 17.7 Å². The molecule has 0 spiro atoms. The molecule has 0 aliphatic carbocycles. The first kappa shape index (κ1) is 15.7. The minimum Gasteiger partial charge on any atom is -0.497 e. The van der Waals surface area contributed by atoms with E-state index in [9.17, 15) is 8.78 Å². The molecule has 0 aliphatic rings. The number of halogens is 3. The van der Waals surface area contributed by atoms with Crippen LogP contribution >= 0.6 is 33.9 Å². The van der Waals surface area contributed by atoms with Gasteiger partial charge in [-0.05, 0) is 46.1 Å². The summed E-state index contributed by atoms with van der Waals surface area (Å²) in [5, 5.41) is 5.05. The maximum Gasteiger partial charge on any atom is 0.134 e. The molecule has 0 saturated heterocycles. The van der Waals surface area contributed by atoms with Crippen molar-refractivity contribution in [2.45, 2.75) is 13.0 Å². The van der Waals surface area contributed by atoms with Crippen LogP contribution in [0.3, 0.4) is 0 Å². The fraction of sp³-hybridized carbons (Fsp3) is 0.286. The Balaban J connectivity index is 2.49. The lowest BCUT2D eigenvalue weighted by atomic mass is 9.99. The highest BCUT2D eigenvalue weighted by Crippen LogP contribution is 2.32. The number of nitrogens with one attached hydrogen (secondary N) is 1. The van der Waals surface area contributed by atoms with Crippen molar-refractivity contribution in [1.29, 1.82) is 0 Å². The first-order valence-corrected chi connectivity index (χ1v) is 8.02. The van der Waals surface area contributed by atoms with Crippen LogP contribution in [-0.2, 0) is 0 Å². The van der Waals surface area contributed by atoms with Gasteiger partial charge < -0.3 is 10.1 Å². The van der Waals surface area contributed by atoms with Crippen molar-refractivity contribution in [3.8, 4) is 5.75 Å². The molecule has 2 nitrogen and oxygen atoms in total. The fourth-order valence-corrected chi connectivity index (χ4v) is 3.42. The van der Waals surface area contributed by atoms with E-state index in [-0.39, 0.29) is 11.3 Å². The SMILES string of the molecule is CCNC(c1csc(I)c1)c1c(F)cc(OC)cc1F. The largest absolute Gasteiger partial charge is 0.497 e. The number of methoxy groups -OCH3 is 1. The molecule has 0 bridgehead atoms. The van der Waals surface area contributed by atoms with E-state index >= 15 is 0 Å². The standard InChI is InChI=1S/C14H14F2INOS/c1-3-18-14(8-4-12(17)20-7-8)13-10(15)5-9(19-2)6-11(13)16/h4-7,14,18H,3H2,1-2H3. The Kier molecular flexibility index (Phi) is 5.34. The average Bonchev–Trinajstić information content (AvgIpc) is 2.83. The predicted octanol–water partition coefficient (Wildman–Crippen LogP) is 4.34. The number of ether oxygens (including phenoxy) is 1. The first-order valence-electron chi connectivity index (χ1n) is 6.07. The van der Waals surface area contributed by atoms with E-state index in [4.69, 9.17) is 4.74 Å². The summed E-state index contributed by atoms with van der Waals surface area (Å²) < 4.78 is 34.4. The van der Waals surface area contributed by atoms with Crippen LogP contribution in [0.1, 0.15) is 24.1 Å². The number of rotatable bonds is 5. The van der Waals surface area contributed by atoms with E-state index in [2.05, 4.69) is 27.9 Å². The number of hydrogen-bond acceptors (Lipinski definition) is 3. The quantitative estimate of drug-likeness (QED) is 0.743. The molecule has 0 aliphatic heterocycles. The summed E-state index contributed by atoms with van der Waals surface area (Å²) >= 11 is 3.74. The van der Waals surface area contributed by atoms with Crippen LogP contribution in [0.2, 0.25) is 0 Å². The number of thiophene rings is 1. The van der Waals surface area contributed by atoms with E-state index in [1.54, 1.807) is 11.3 Å². The Hall–Kier alpha value is -0.730. The molecular weight excluding hydrogens is 395 g/mol. The third-order valence-corrected chi connectivity index (χ3v) is 4.71. The van der Waals surface area contributed by atoms with Crippen molar-refractivity contribution in [3.63, 3.8) is 0 Å². The molecule has 20 heavy (non-hydrogen) atoms. The maximum absolute atomic E-state index is 14.2. The van der Waals surface area contributed by atoms with Crippen molar-refractivity contribution in [3.05, 3.63) is 49.2 Å². The molecule has 0 amide bonds. The zero-order valence-electron chi connectivity index (χ0n) is 11.0. The van der Waals surface area contributed by atoms with Crippen molar-refractivity contribution in [2.24, 2.45) is 0 Å². The zero-order valence-corrected chi connectivity index (χ0v) is 14.0. The second kappa shape index (κ2) is 6.82. The lowest BCUT2D eigenvalue weighted by Gasteiger charge is -2.19. The highest BCUT2D eigenvalue weighted by molar-refractivity contribution is 14.1. The van der Waals surface area contributed by atoms with Gasteiger partial charge in [-0.25, -0.2) is 8.78 Å². The fourth-order valence-electron chi connectivity index (χ4n) is 2.02. The highest BCUT2D eigenvalue weighted by Gasteiger charge is 2.23. The van der Waals surface area contributed by atoms with Gasteiger partial charge in [-0.15, -0.1) is 11.3 Å². The van der Waals surface area contributed by atoms with Crippen LogP contribution in [0.4, 0.5) is 8.78 Å². The lowest BCUT2D eigenvalue weighted by Crippen LogP contribution is -2.23. The molecule has 1 unspecified atom stereocenters. The van der Waals surface area contributed by atoms with Crippen LogP contribution < -0.4 is 10.1 Å². The molecule has 0 radical (unpaired) electrons. The first-order chi connectivity index (χ1) is 9.56. The van der Waals surface area contributed by atoms with E-state index in [0.29, 0.717) is 6.54 Å². The number of hydrogen-bond donors (Lipinski definition) is 1. The Labute approximate surface area is 134 Å². The van der Waals surface area contributed by atoms with Gasteiger partial charge in [-0.1, -0.05) is 6.92 Å². The van der Waals surface area contributed by atoms with E-state index in [1.165, 1.54) is 19.2 Å². The molecular formula is C14H14F2INOS. The smallest absolute Gasteiger partial charge is 0.134 e. The molecule has 1 aromatic heterocycles. The molecule has 1 aromatic carbocycles. The van der Waals surface area contributed by atoms with Gasteiger partial charge in [-0.3, -0.25) is 0 Å². The van der Waals surface area contributed by atoms with Crippen molar-refractivity contribution >= 4 is 33.9 Å². The van der Waals surface area contributed by atoms with Gasteiger partial charge in [0.1, 0.15) is 17.4 Å². The predicted molar refractivity (Wildman–Crippen MR) is 85.5 cm³/mol. The average molecular weight is 409 g/mol. The molecule has 108 valence electrons. The Morgan fingerprint density at radius 2 is 1.95 bits per heavy atom. The Bertz CT molecular complexity index is 580. The summed E-state index contributed by atoms with van der Waals surface area (Å²) in [7, 11) is 1.39. The van der Waals surface area contributed by atoms with Crippen molar-refractivity contribution < 1.29 is 13.5 Å². The molecule has 1 atom stereocenters. The molecule has 1 N–H and O–H groups in total. The van der Waals surface area contributed by atoms with E-state index in [0.717, 1.165) is 8.45 Å². The van der Waals surface area contributed by atoms with Crippen molar-refractivity contribution in [2.75, 3.05) is 13.7 Å². The van der Waals surface area contributed by atoms with Gasteiger partial charge >= 0.3 is 0 Å². The summed E-state index contributed by atoms with van der Waals surface area (Å²) in [6.45, 7) is 2.52. The molecule has 6 heteroatoms. The number of benzene rings is 1. The van der Waals surface area contributed by atoms with Gasteiger partial charge in [0.15, 0.2) is 0 Å². The monoisotopic (exact) mass is 409 g/mol. The second-order valence-electron chi connectivity index (χ2n) is 4.18. The lowest BCUT2D eigenvalue weighted by molar-refractivity contribution is 0.403. The maximum atomic E-state index is 14.2. The molecule has 0 fully saturated rings. The van der Waals surface area contributed by atoms with Gasteiger partial charge in [0.2, 0.25) is 0 Å². The normalized spacial score (nSPS) is 12.4. The van der Waals surface area contributed by atoms with E-state index in [1.807, 2.05) is 18.4 Å². The minimum atomic E-state index is -0.603. The third kappa shape index (κ3) is 3.29. The van der Waals surface area contributed by atoms with Crippen LogP contribution in [0.5, 0.6) is 5.75 Å². The van der Waals surface area contributed by atoms with Crippen LogP contribution in [0, 0.1) is 14.5 Å². The summed E-state index contributed by atoms with van der Waals surface area (Å²) in [5.41, 5.74) is 0.895. The Morgan fingerprint density at radius 3 is 2.40 bits per heavy atom. The second-order valence-corrected chi connectivity index (χ2v) is 6.98. The van der Waals surface area contributed by atoms with Gasteiger partial charge in [0, 0.05) is 17.7 Å². The zero-order chi connectivity index (χ0) is 14.7. The minimum absolute atomic E-state index is 0.0295. The topological polar surface area (TPSA) is 21.3 Å².